The molecule has 0 spiro atoms. The van der Waals surface area contributed by atoms with Gasteiger partial charge in [0.05, 0.1) is 11.6 Å². The largest absolute Gasteiger partial charge is 0.385 e. The molecular weight excluding hydrogens is 240 g/mol. The number of pyridine rings is 1. The molecule has 0 amide bonds. The lowest BCUT2D eigenvalue weighted by Gasteiger charge is -2.23. The molecule has 17 heavy (non-hydrogen) atoms. The van der Waals surface area contributed by atoms with Crippen LogP contribution in [0.4, 0.5) is 5.82 Å². The third-order valence-corrected chi connectivity index (χ3v) is 2.60. The van der Waals surface area contributed by atoms with E-state index in [0.717, 1.165) is 31.9 Å². The Labute approximate surface area is 107 Å². The lowest BCUT2D eigenvalue weighted by molar-refractivity contribution is 0.191. The molecular formula is C12H19ClN2O2. The van der Waals surface area contributed by atoms with Gasteiger partial charge in [-0.05, 0) is 18.6 Å². The number of anilines is 1. The summed E-state index contributed by atoms with van der Waals surface area (Å²) in [7, 11) is 3.41. The summed E-state index contributed by atoms with van der Waals surface area (Å²) in [6.07, 6.45) is 2.62. The minimum atomic E-state index is 0.650. The third kappa shape index (κ3) is 5.35. The average Bonchev–Trinajstić information content (AvgIpc) is 2.35. The Morgan fingerprint density at radius 1 is 1.18 bits per heavy atom. The number of methoxy groups -OCH3 is 2. The molecule has 0 aliphatic rings. The van der Waals surface area contributed by atoms with Crippen molar-refractivity contribution in [2.75, 3.05) is 45.4 Å². The van der Waals surface area contributed by atoms with Gasteiger partial charge in [-0.15, -0.1) is 0 Å². The highest BCUT2D eigenvalue weighted by Gasteiger charge is 2.07. The summed E-state index contributed by atoms with van der Waals surface area (Å²) in [5.41, 5.74) is 0. The quantitative estimate of drug-likeness (QED) is 0.670. The maximum Gasteiger partial charge on any atom is 0.128 e. The number of rotatable bonds is 8. The molecule has 1 heterocycles. The van der Waals surface area contributed by atoms with Crippen LogP contribution in [0.2, 0.25) is 5.02 Å². The third-order valence-electron chi connectivity index (χ3n) is 2.38. The zero-order valence-corrected chi connectivity index (χ0v) is 11.1. The van der Waals surface area contributed by atoms with Gasteiger partial charge >= 0.3 is 0 Å². The van der Waals surface area contributed by atoms with Gasteiger partial charge in [0, 0.05) is 40.1 Å². The van der Waals surface area contributed by atoms with Crippen LogP contribution < -0.4 is 4.90 Å². The predicted molar refractivity (Wildman–Crippen MR) is 69.8 cm³/mol. The van der Waals surface area contributed by atoms with E-state index in [1.807, 2.05) is 12.1 Å². The lowest BCUT2D eigenvalue weighted by Crippen LogP contribution is -2.29. The first kappa shape index (κ1) is 14.2. The van der Waals surface area contributed by atoms with E-state index in [1.54, 1.807) is 20.4 Å². The molecule has 5 heteroatoms. The van der Waals surface area contributed by atoms with Gasteiger partial charge in [0.1, 0.15) is 5.82 Å². The van der Waals surface area contributed by atoms with Gasteiger partial charge in [0.2, 0.25) is 0 Å². The second kappa shape index (κ2) is 8.28. The average molecular weight is 259 g/mol. The van der Waals surface area contributed by atoms with E-state index in [-0.39, 0.29) is 0 Å². The zero-order valence-electron chi connectivity index (χ0n) is 10.4. The van der Waals surface area contributed by atoms with Crippen LogP contribution in [0.15, 0.2) is 18.3 Å². The van der Waals surface area contributed by atoms with Crippen LogP contribution in [0.3, 0.4) is 0 Å². The van der Waals surface area contributed by atoms with Crippen molar-refractivity contribution in [2.45, 2.75) is 6.42 Å². The summed E-state index contributed by atoms with van der Waals surface area (Å²) in [5.74, 6) is 0.919. The SMILES string of the molecule is COCCCN(CCOC)c1ccc(Cl)cn1. The van der Waals surface area contributed by atoms with Crippen molar-refractivity contribution in [3.8, 4) is 0 Å². The smallest absolute Gasteiger partial charge is 0.128 e. The predicted octanol–water partition coefficient (Wildman–Crippen LogP) is 2.22. The molecule has 1 aromatic heterocycles. The van der Waals surface area contributed by atoms with E-state index in [2.05, 4.69) is 9.88 Å². The number of hydrogen-bond acceptors (Lipinski definition) is 4. The maximum atomic E-state index is 5.82. The number of aromatic nitrogens is 1. The standard InChI is InChI=1S/C12H19ClN2O2/c1-16-8-3-6-15(7-9-17-2)12-5-4-11(13)10-14-12/h4-5,10H,3,6-9H2,1-2H3. The molecule has 0 atom stereocenters. The van der Waals surface area contributed by atoms with Crippen molar-refractivity contribution in [3.63, 3.8) is 0 Å². The Morgan fingerprint density at radius 2 is 1.94 bits per heavy atom. The number of nitrogens with zero attached hydrogens (tertiary/aromatic N) is 2. The Balaban J connectivity index is 2.57. The van der Waals surface area contributed by atoms with E-state index >= 15 is 0 Å². The molecule has 0 saturated heterocycles. The molecule has 0 radical (unpaired) electrons. The van der Waals surface area contributed by atoms with Crippen molar-refractivity contribution in [1.82, 2.24) is 4.98 Å². The van der Waals surface area contributed by atoms with E-state index in [9.17, 15) is 0 Å². The monoisotopic (exact) mass is 258 g/mol. The van der Waals surface area contributed by atoms with Crippen LogP contribution in [-0.2, 0) is 9.47 Å². The molecule has 0 aliphatic heterocycles. The molecule has 0 saturated carbocycles. The molecule has 1 aromatic rings. The van der Waals surface area contributed by atoms with Crippen LogP contribution >= 0.6 is 11.6 Å². The highest BCUT2D eigenvalue weighted by Crippen LogP contribution is 2.14. The summed E-state index contributed by atoms with van der Waals surface area (Å²) < 4.78 is 10.1. The molecule has 0 unspecified atom stereocenters. The summed E-state index contributed by atoms with van der Waals surface area (Å²) in [6, 6.07) is 3.77. The summed E-state index contributed by atoms with van der Waals surface area (Å²) in [5, 5.41) is 0.650. The van der Waals surface area contributed by atoms with Crippen LogP contribution in [0, 0.1) is 0 Å². The van der Waals surface area contributed by atoms with Crippen molar-refractivity contribution in [3.05, 3.63) is 23.4 Å². The fourth-order valence-corrected chi connectivity index (χ4v) is 1.61. The van der Waals surface area contributed by atoms with E-state index in [1.165, 1.54) is 0 Å². The van der Waals surface area contributed by atoms with Crippen molar-refractivity contribution in [2.24, 2.45) is 0 Å². The van der Waals surface area contributed by atoms with Crippen molar-refractivity contribution >= 4 is 17.4 Å². The van der Waals surface area contributed by atoms with E-state index < -0.39 is 0 Å². The molecule has 96 valence electrons. The molecule has 0 aromatic carbocycles. The van der Waals surface area contributed by atoms with E-state index in [0.29, 0.717) is 11.6 Å². The Bertz CT molecular complexity index is 306. The summed E-state index contributed by atoms with van der Waals surface area (Å²) in [6.45, 7) is 3.13. The second-order valence-electron chi connectivity index (χ2n) is 3.66. The molecule has 0 bridgehead atoms. The van der Waals surface area contributed by atoms with Gasteiger partial charge in [-0.3, -0.25) is 0 Å². The van der Waals surface area contributed by atoms with Gasteiger partial charge in [0.15, 0.2) is 0 Å². The number of ether oxygens (including phenoxy) is 2. The molecule has 1 rings (SSSR count). The maximum absolute atomic E-state index is 5.82. The normalized spacial score (nSPS) is 10.5. The van der Waals surface area contributed by atoms with E-state index in [4.69, 9.17) is 21.1 Å². The fraction of sp³-hybridized carbons (Fsp3) is 0.583. The van der Waals surface area contributed by atoms with Gasteiger partial charge in [-0.1, -0.05) is 11.6 Å². The summed E-state index contributed by atoms with van der Waals surface area (Å²) >= 11 is 5.82. The topological polar surface area (TPSA) is 34.6 Å². The van der Waals surface area contributed by atoms with Gasteiger partial charge in [-0.2, -0.15) is 0 Å². The first-order valence-corrected chi connectivity index (χ1v) is 6.00. The first-order valence-electron chi connectivity index (χ1n) is 5.62. The molecule has 0 aliphatic carbocycles. The van der Waals surface area contributed by atoms with Crippen LogP contribution in [-0.4, -0.2) is 45.5 Å². The minimum Gasteiger partial charge on any atom is -0.385 e. The van der Waals surface area contributed by atoms with Crippen molar-refractivity contribution in [1.29, 1.82) is 0 Å². The number of halogens is 1. The zero-order chi connectivity index (χ0) is 12.5. The molecule has 0 fully saturated rings. The van der Waals surface area contributed by atoms with Crippen LogP contribution in [0.25, 0.3) is 0 Å². The summed E-state index contributed by atoms with van der Waals surface area (Å²) in [4.78, 5) is 6.47. The second-order valence-corrected chi connectivity index (χ2v) is 4.10. The first-order chi connectivity index (χ1) is 8.27. The molecule has 0 N–H and O–H groups in total. The lowest BCUT2D eigenvalue weighted by atomic mass is 10.3. The number of hydrogen-bond donors (Lipinski definition) is 0. The van der Waals surface area contributed by atoms with Gasteiger partial charge in [0.25, 0.3) is 0 Å². The Hall–Kier alpha value is -0.840. The Kier molecular flexibility index (Phi) is 6.93. The van der Waals surface area contributed by atoms with Gasteiger partial charge < -0.3 is 14.4 Å². The minimum absolute atomic E-state index is 0.650. The van der Waals surface area contributed by atoms with Crippen molar-refractivity contribution < 1.29 is 9.47 Å². The highest BCUT2D eigenvalue weighted by atomic mass is 35.5. The van der Waals surface area contributed by atoms with Crippen LogP contribution in [0.1, 0.15) is 6.42 Å². The van der Waals surface area contributed by atoms with Gasteiger partial charge in [-0.25, -0.2) is 4.98 Å². The molecule has 4 nitrogen and oxygen atoms in total. The van der Waals surface area contributed by atoms with Crippen LogP contribution in [0.5, 0.6) is 0 Å². The fourth-order valence-electron chi connectivity index (χ4n) is 1.50. The highest BCUT2D eigenvalue weighted by molar-refractivity contribution is 6.30. The Morgan fingerprint density at radius 3 is 2.53 bits per heavy atom.